The lowest BCUT2D eigenvalue weighted by Crippen LogP contribution is -2.24. The maximum absolute atomic E-state index is 4.35. The van der Waals surface area contributed by atoms with Crippen LogP contribution in [0.1, 0.15) is 43.9 Å². The summed E-state index contributed by atoms with van der Waals surface area (Å²) in [5.41, 5.74) is 2.82. The summed E-state index contributed by atoms with van der Waals surface area (Å²) in [5.74, 6) is 1.03. The molecule has 2 aromatic rings. The molecule has 114 valence electrons. The van der Waals surface area contributed by atoms with Gasteiger partial charge in [0.25, 0.3) is 0 Å². The fraction of sp³-hybridized carbons (Fsp3) is 0.471. The first-order chi connectivity index (χ1) is 10.3. The summed E-state index contributed by atoms with van der Waals surface area (Å²) < 4.78 is 1.15. The van der Waals surface area contributed by atoms with E-state index in [1.807, 2.05) is 23.3 Å². The quantitative estimate of drug-likeness (QED) is 0.663. The minimum absolute atomic E-state index is 0.398. The van der Waals surface area contributed by atoms with Crippen LogP contribution < -0.4 is 5.32 Å². The van der Waals surface area contributed by atoms with Crippen LogP contribution in [0.25, 0.3) is 0 Å². The number of aromatic nitrogens is 1. The van der Waals surface area contributed by atoms with Crippen molar-refractivity contribution in [3.8, 4) is 0 Å². The zero-order valence-corrected chi connectivity index (χ0v) is 14.5. The molecule has 0 saturated heterocycles. The molecule has 0 aliphatic heterocycles. The number of nitrogens with one attached hydrogen (secondary N) is 1. The van der Waals surface area contributed by atoms with Gasteiger partial charge in [-0.05, 0) is 30.5 Å². The van der Waals surface area contributed by atoms with Gasteiger partial charge in [0.05, 0.1) is 0 Å². The predicted molar refractivity (Wildman–Crippen MR) is 94.3 cm³/mol. The van der Waals surface area contributed by atoms with Crippen molar-refractivity contribution in [1.82, 2.24) is 10.3 Å². The molecule has 0 bridgehead atoms. The van der Waals surface area contributed by atoms with Gasteiger partial charge >= 0.3 is 0 Å². The van der Waals surface area contributed by atoms with Crippen molar-refractivity contribution < 1.29 is 0 Å². The van der Waals surface area contributed by atoms with Crippen molar-refractivity contribution in [2.75, 3.05) is 12.3 Å². The minimum atomic E-state index is 0.398. The van der Waals surface area contributed by atoms with Crippen molar-refractivity contribution in [3.63, 3.8) is 0 Å². The molecule has 0 spiro atoms. The lowest BCUT2D eigenvalue weighted by atomic mass is 10.0. The Kier molecular flexibility index (Phi) is 7.27. The van der Waals surface area contributed by atoms with Gasteiger partial charge in [-0.25, -0.2) is 4.98 Å². The molecule has 0 fully saturated rings. The van der Waals surface area contributed by atoms with Gasteiger partial charge in [0, 0.05) is 23.4 Å². The van der Waals surface area contributed by atoms with Gasteiger partial charge in [0.2, 0.25) is 0 Å². The first-order valence-electron chi connectivity index (χ1n) is 7.68. The third-order valence-corrected chi connectivity index (χ3v) is 5.40. The van der Waals surface area contributed by atoms with Crippen LogP contribution in [0.15, 0.2) is 40.2 Å². The molecule has 0 radical (unpaired) electrons. The van der Waals surface area contributed by atoms with E-state index in [-0.39, 0.29) is 0 Å². The van der Waals surface area contributed by atoms with Crippen LogP contribution >= 0.6 is 23.1 Å². The van der Waals surface area contributed by atoms with Gasteiger partial charge in [-0.3, -0.25) is 0 Å². The van der Waals surface area contributed by atoms with Crippen LogP contribution in [0.2, 0.25) is 0 Å². The molecule has 21 heavy (non-hydrogen) atoms. The summed E-state index contributed by atoms with van der Waals surface area (Å²) in [7, 11) is 0. The Morgan fingerprint density at radius 1 is 1.19 bits per heavy atom. The molecule has 1 heterocycles. The van der Waals surface area contributed by atoms with Crippen LogP contribution in [0.3, 0.4) is 0 Å². The standard InChI is InChI=1S/C17H24N2S2/c1-3-5-14-6-8-15(9-7-14)16(18-10-4-2)13-21-17-19-11-12-20-17/h6-9,11-12,16,18H,3-5,10,13H2,1-2H3. The maximum Gasteiger partial charge on any atom is 0.149 e. The van der Waals surface area contributed by atoms with E-state index in [2.05, 4.69) is 48.4 Å². The lowest BCUT2D eigenvalue weighted by Gasteiger charge is -2.18. The Morgan fingerprint density at radius 2 is 2.00 bits per heavy atom. The Bertz CT molecular complexity index is 494. The summed E-state index contributed by atoms with van der Waals surface area (Å²) in [6.45, 7) is 5.49. The minimum Gasteiger partial charge on any atom is -0.309 e. The molecule has 1 N–H and O–H groups in total. The fourth-order valence-corrected chi connectivity index (χ4v) is 3.99. The Morgan fingerprint density at radius 3 is 2.62 bits per heavy atom. The molecule has 1 aromatic heterocycles. The van der Waals surface area contributed by atoms with Crippen molar-refractivity contribution in [3.05, 3.63) is 47.0 Å². The second-order valence-corrected chi connectivity index (χ2v) is 7.27. The van der Waals surface area contributed by atoms with Crippen LogP contribution in [0.4, 0.5) is 0 Å². The number of thioether (sulfide) groups is 1. The normalized spacial score (nSPS) is 12.5. The molecule has 4 heteroatoms. The van der Waals surface area contributed by atoms with E-state index < -0.39 is 0 Å². The zero-order valence-electron chi connectivity index (χ0n) is 12.8. The predicted octanol–water partition coefficient (Wildman–Crippen LogP) is 4.93. The van der Waals surface area contributed by atoms with Gasteiger partial charge < -0.3 is 5.32 Å². The number of nitrogens with zero attached hydrogens (tertiary/aromatic N) is 1. The first-order valence-corrected chi connectivity index (χ1v) is 9.54. The number of aryl methyl sites for hydroxylation is 1. The van der Waals surface area contributed by atoms with Crippen molar-refractivity contribution >= 4 is 23.1 Å². The van der Waals surface area contributed by atoms with E-state index in [1.165, 1.54) is 24.0 Å². The SMILES string of the molecule is CCCNC(CSc1nccs1)c1ccc(CCC)cc1. The third-order valence-electron chi connectivity index (χ3n) is 3.34. The largest absolute Gasteiger partial charge is 0.309 e. The average molecular weight is 321 g/mol. The average Bonchev–Trinajstić information content (AvgIpc) is 3.02. The molecule has 2 rings (SSSR count). The number of hydrogen-bond acceptors (Lipinski definition) is 4. The Balaban J connectivity index is 1.99. The summed E-state index contributed by atoms with van der Waals surface area (Å²) >= 11 is 3.56. The Labute approximate surface area is 136 Å². The molecule has 2 nitrogen and oxygen atoms in total. The van der Waals surface area contributed by atoms with E-state index in [1.54, 1.807) is 11.3 Å². The van der Waals surface area contributed by atoms with Gasteiger partial charge in [0.15, 0.2) is 0 Å². The zero-order chi connectivity index (χ0) is 14.9. The van der Waals surface area contributed by atoms with E-state index in [0.717, 1.165) is 23.1 Å². The van der Waals surface area contributed by atoms with Crippen molar-refractivity contribution in [2.45, 2.75) is 43.5 Å². The second kappa shape index (κ2) is 9.23. The van der Waals surface area contributed by atoms with E-state index >= 15 is 0 Å². The molecular formula is C17H24N2S2. The smallest absolute Gasteiger partial charge is 0.149 e. The molecule has 0 amide bonds. The van der Waals surface area contributed by atoms with Crippen LogP contribution in [-0.4, -0.2) is 17.3 Å². The Hall–Kier alpha value is -0.840. The lowest BCUT2D eigenvalue weighted by molar-refractivity contribution is 0.577. The number of benzene rings is 1. The van der Waals surface area contributed by atoms with Crippen LogP contribution in [0, 0.1) is 0 Å². The summed E-state index contributed by atoms with van der Waals surface area (Å²) in [5, 5.41) is 5.69. The van der Waals surface area contributed by atoms with E-state index in [4.69, 9.17) is 0 Å². The second-order valence-electron chi connectivity index (χ2n) is 5.11. The van der Waals surface area contributed by atoms with Crippen LogP contribution in [0.5, 0.6) is 0 Å². The highest BCUT2D eigenvalue weighted by Crippen LogP contribution is 2.26. The fourth-order valence-electron chi connectivity index (χ4n) is 2.23. The van der Waals surface area contributed by atoms with Gasteiger partial charge in [-0.15, -0.1) is 11.3 Å². The van der Waals surface area contributed by atoms with Crippen LogP contribution in [-0.2, 0) is 6.42 Å². The molecule has 0 saturated carbocycles. The first kappa shape index (κ1) is 16.5. The van der Waals surface area contributed by atoms with Gasteiger partial charge in [-0.1, -0.05) is 56.3 Å². The van der Waals surface area contributed by atoms with Crippen molar-refractivity contribution in [2.24, 2.45) is 0 Å². The van der Waals surface area contributed by atoms with Gasteiger partial charge in [0.1, 0.15) is 4.34 Å². The summed E-state index contributed by atoms with van der Waals surface area (Å²) in [6.07, 6.45) is 5.41. The van der Waals surface area contributed by atoms with E-state index in [9.17, 15) is 0 Å². The number of thiazole rings is 1. The molecular weight excluding hydrogens is 296 g/mol. The summed E-state index contributed by atoms with van der Waals surface area (Å²) in [4.78, 5) is 4.35. The molecule has 1 aromatic carbocycles. The molecule has 0 aliphatic rings. The monoisotopic (exact) mass is 320 g/mol. The highest BCUT2D eigenvalue weighted by atomic mass is 32.2. The highest BCUT2D eigenvalue weighted by molar-refractivity contribution is 8.01. The summed E-state index contributed by atoms with van der Waals surface area (Å²) in [6, 6.07) is 9.50. The molecule has 1 unspecified atom stereocenters. The van der Waals surface area contributed by atoms with Gasteiger partial charge in [-0.2, -0.15) is 0 Å². The topological polar surface area (TPSA) is 24.9 Å². The molecule has 0 aliphatic carbocycles. The van der Waals surface area contributed by atoms with E-state index in [0.29, 0.717) is 6.04 Å². The number of hydrogen-bond donors (Lipinski definition) is 1. The maximum atomic E-state index is 4.35. The van der Waals surface area contributed by atoms with Crippen molar-refractivity contribution in [1.29, 1.82) is 0 Å². The third kappa shape index (κ3) is 5.46. The molecule has 1 atom stereocenters. The highest BCUT2D eigenvalue weighted by Gasteiger charge is 2.12. The number of rotatable bonds is 9.